The Labute approximate surface area is 272 Å². The highest BCUT2D eigenvalue weighted by Gasteiger charge is 2.30. The van der Waals surface area contributed by atoms with Gasteiger partial charge < -0.3 is 24.7 Å². The van der Waals surface area contributed by atoms with Crippen molar-refractivity contribution < 1.29 is 19.1 Å². The van der Waals surface area contributed by atoms with E-state index >= 15 is 0 Å². The molecule has 0 bridgehead atoms. The number of amides is 2. The Hall–Kier alpha value is -4.57. The maximum Gasteiger partial charge on any atom is 0.410 e. The Bertz CT molecular complexity index is 1780. The first-order valence-corrected chi connectivity index (χ1v) is 16.0. The maximum atomic E-state index is 13.8. The number of benzene rings is 3. The Kier molecular flexibility index (Phi) is 8.90. The summed E-state index contributed by atoms with van der Waals surface area (Å²) >= 11 is 6.44. The summed E-state index contributed by atoms with van der Waals surface area (Å²) < 4.78 is 12.8. The van der Waals surface area contributed by atoms with Gasteiger partial charge in [0.15, 0.2) is 0 Å². The van der Waals surface area contributed by atoms with E-state index < -0.39 is 11.7 Å². The Morgan fingerprint density at radius 1 is 0.935 bits per heavy atom. The molecule has 10 nitrogen and oxygen atoms in total. The fourth-order valence-corrected chi connectivity index (χ4v) is 6.42. The summed E-state index contributed by atoms with van der Waals surface area (Å²) in [7, 11) is 0. The molecular formula is C35H38ClN5O5. The third-order valence-corrected chi connectivity index (χ3v) is 8.59. The number of halogens is 1. The molecular weight excluding hydrogens is 606 g/mol. The summed E-state index contributed by atoms with van der Waals surface area (Å²) in [5.74, 6) is 0.539. The van der Waals surface area contributed by atoms with Gasteiger partial charge in [0.2, 0.25) is 0 Å². The number of piperazine rings is 1. The van der Waals surface area contributed by atoms with Crippen LogP contribution >= 0.6 is 11.6 Å². The first-order chi connectivity index (χ1) is 22.1. The smallest absolute Gasteiger partial charge is 0.410 e. The highest BCUT2D eigenvalue weighted by Crippen LogP contribution is 2.44. The molecule has 2 amide bonds. The summed E-state index contributed by atoms with van der Waals surface area (Å²) in [6.45, 7) is 7.70. The van der Waals surface area contributed by atoms with Crippen molar-refractivity contribution in [3.8, 4) is 11.1 Å². The summed E-state index contributed by atoms with van der Waals surface area (Å²) in [6.07, 6.45) is 0.0864. The SMILES string of the molecule is CC(C)(C)OC(=O)N1CCN(n2c(CCCNC(=O)OCC3c4ccccc4-c4ccccc43)nc3cccc(Cl)c3c2=O)CC1. The number of hydrogen-bond donors (Lipinski definition) is 1. The van der Waals surface area contributed by atoms with E-state index in [-0.39, 0.29) is 24.2 Å². The van der Waals surface area contributed by atoms with Crippen LogP contribution in [0.5, 0.6) is 0 Å². The van der Waals surface area contributed by atoms with E-state index in [9.17, 15) is 14.4 Å². The van der Waals surface area contributed by atoms with Crippen molar-refractivity contribution in [1.82, 2.24) is 19.9 Å². The second kappa shape index (κ2) is 13.0. The van der Waals surface area contributed by atoms with Gasteiger partial charge in [-0.25, -0.2) is 19.2 Å². The molecule has 1 saturated heterocycles. The second-order valence-electron chi connectivity index (χ2n) is 12.6. The normalized spacial score (nSPS) is 14.6. The summed E-state index contributed by atoms with van der Waals surface area (Å²) in [5.41, 5.74) is 4.32. The van der Waals surface area contributed by atoms with Crippen LogP contribution in [0.3, 0.4) is 0 Å². The topological polar surface area (TPSA) is 106 Å². The van der Waals surface area contributed by atoms with E-state index in [1.54, 1.807) is 27.8 Å². The van der Waals surface area contributed by atoms with Crippen LogP contribution in [0.25, 0.3) is 22.0 Å². The van der Waals surface area contributed by atoms with E-state index in [4.69, 9.17) is 26.1 Å². The number of hydrogen-bond acceptors (Lipinski definition) is 7. The van der Waals surface area contributed by atoms with Crippen molar-refractivity contribution in [2.45, 2.75) is 45.1 Å². The number of carbonyl (C=O) groups is 2. The summed E-state index contributed by atoms with van der Waals surface area (Å²) in [6, 6.07) is 21.6. The minimum Gasteiger partial charge on any atom is -0.449 e. The molecule has 0 unspecified atom stereocenters. The Balaban J connectivity index is 1.10. The molecule has 3 aromatic carbocycles. The van der Waals surface area contributed by atoms with Crippen molar-refractivity contribution in [3.05, 3.63) is 99.1 Å². The largest absolute Gasteiger partial charge is 0.449 e. The molecule has 46 heavy (non-hydrogen) atoms. The number of carbonyl (C=O) groups excluding carboxylic acids is 2. The van der Waals surface area contributed by atoms with E-state index in [1.165, 1.54) is 11.1 Å². The predicted octanol–water partition coefficient (Wildman–Crippen LogP) is 5.71. The fourth-order valence-electron chi connectivity index (χ4n) is 6.17. The van der Waals surface area contributed by atoms with Gasteiger partial charge in [0.1, 0.15) is 18.0 Å². The zero-order chi connectivity index (χ0) is 32.4. The lowest BCUT2D eigenvalue weighted by atomic mass is 9.98. The number of aryl methyl sites for hydroxylation is 1. The molecule has 0 radical (unpaired) electrons. The summed E-state index contributed by atoms with van der Waals surface area (Å²) in [4.78, 5) is 45.6. The average molecular weight is 644 g/mol. The molecule has 2 heterocycles. The molecule has 240 valence electrons. The number of aromatic nitrogens is 2. The standard InChI is InChI=1S/C35H38ClN5O5/c1-35(2,3)46-34(44)39-18-20-40(21-19-39)41-30(38-29-15-8-14-28(36)31(29)32(41)42)16-9-17-37-33(43)45-22-27-25-12-6-4-10-23(25)24-11-5-7-13-26(24)27/h4-8,10-15,27H,9,16-22H2,1-3H3,(H,37,43). The minimum absolute atomic E-state index is 0.0167. The number of alkyl carbamates (subject to hydrolysis) is 1. The van der Waals surface area contributed by atoms with Crippen molar-refractivity contribution in [2.24, 2.45) is 0 Å². The Morgan fingerprint density at radius 2 is 1.59 bits per heavy atom. The number of rotatable bonds is 7. The van der Waals surface area contributed by atoms with Gasteiger partial charge in [-0.05, 0) is 61.6 Å². The third kappa shape index (κ3) is 6.53. The first kappa shape index (κ1) is 31.4. The van der Waals surface area contributed by atoms with Crippen molar-refractivity contribution in [3.63, 3.8) is 0 Å². The van der Waals surface area contributed by atoms with Crippen LogP contribution in [0.4, 0.5) is 9.59 Å². The highest BCUT2D eigenvalue weighted by molar-refractivity contribution is 6.35. The van der Waals surface area contributed by atoms with Gasteiger partial charge in [0, 0.05) is 32.0 Å². The van der Waals surface area contributed by atoms with Gasteiger partial charge >= 0.3 is 12.2 Å². The van der Waals surface area contributed by atoms with Crippen molar-refractivity contribution >= 4 is 34.7 Å². The van der Waals surface area contributed by atoms with Gasteiger partial charge in [-0.3, -0.25) is 4.79 Å². The number of ether oxygens (including phenoxy) is 2. The molecule has 1 aliphatic carbocycles. The lowest BCUT2D eigenvalue weighted by molar-refractivity contribution is 0.0231. The third-order valence-electron chi connectivity index (χ3n) is 8.27. The van der Waals surface area contributed by atoms with E-state index in [1.807, 2.05) is 50.0 Å². The van der Waals surface area contributed by atoms with Crippen LogP contribution < -0.4 is 15.9 Å². The Morgan fingerprint density at radius 3 is 2.24 bits per heavy atom. The number of nitrogens with zero attached hydrogens (tertiary/aromatic N) is 4. The molecule has 4 aromatic rings. The maximum absolute atomic E-state index is 13.8. The lowest BCUT2D eigenvalue weighted by Gasteiger charge is -2.37. The molecule has 1 aromatic heterocycles. The van der Waals surface area contributed by atoms with Gasteiger partial charge in [0.05, 0.1) is 29.0 Å². The van der Waals surface area contributed by atoms with Crippen LogP contribution in [0.2, 0.25) is 5.02 Å². The first-order valence-electron chi connectivity index (χ1n) is 15.6. The number of nitrogens with one attached hydrogen (secondary N) is 1. The molecule has 0 spiro atoms. The molecule has 2 aliphatic rings. The van der Waals surface area contributed by atoms with Gasteiger partial charge in [-0.1, -0.05) is 66.2 Å². The van der Waals surface area contributed by atoms with Crippen LogP contribution in [0, 0.1) is 0 Å². The van der Waals surface area contributed by atoms with E-state index in [0.717, 1.165) is 11.1 Å². The van der Waals surface area contributed by atoms with Crippen molar-refractivity contribution in [2.75, 3.05) is 44.3 Å². The summed E-state index contributed by atoms with van der Waals surface area (Å²) in [5, 5.41) is 5.43. The second-order valence-corrected chi connectivity index (χ2v) is 13.0. The van der Waals surface area contributed by atoms with Crippen LogP contribution in [-0.4, -0.2) is 71.7 Å². The zero-order valence-electron chi connectivity index (χ0n) is 26.3. The van der Waals surface area contributed by atoms with Crippen molar-refractivity contribution in [1.29, 1.82) is 0 Å². The van der Waals surface area contributed by atoms with Crippen LogP contribution in [0.1, 0.15) is 50.1 Å². The average Bonchev–Trinajstić information content (AvgIpc) is 3.35. The monoisotopic (exact) mass is 643 g/mol. The quantitative estimate of drug-likeness (QED) is 0.257. The number of fused-ring (bicyclic) bond motifs is 4. The molecule has 1 N–H and O–H groups in total. The molecule has 6 rings (SSSR count). The predicted molar refractivity (Wildman–Crippen MR) is 178 cm³/mol. The molecule has 0 saturated carbocycles. The molecule has 1 fully saturated rings. The molecule has 1 aliphatic heterocycles. The highest BCUT2D eigenvalue weighted by atomic mass is 35.5. The lowest BCUT2D eigenvalue weighted by Crippen LogP contribution is -2.56. The minimum atomic E-state index is -0.592. The van der Waals surface area contributed by atoms with Crippen LogP contribution in [-0.2, 0) is 15.9 Å². The van der Waals surface area contributed by atoms with E-state index in [2.05, 4.69) is 29.6 Å². The molecule has 11 heteroatoms. The fraction of sp³-hybridized carbons (Fsp3) is 0.371. The molecule has 0 atom stereocenters. The van der Waals surface area contributed by atoms with E-state index in [0.29, 0.717) is 67.3 Å². The van der Waals surface area contributed by atoms with Gasteiger partial charge in [-0.15, -0.1) is 0 Å². The van der Waals surface area contributed by atoms with Gasteiger partial charge in [0.25, 0.3) is 5.56 Å². The van der Waals surface area contributed by atoms with Gasteiger partial charge in [-0.2, -0.15) is 0 Å². The zero-order valence-corrected chi connectivity index (χ0v) is 27.0. The van der Waals surface area contributed by atoms with Crippen LogP contribution in [0.15, 0.2) is 71.5 Å².